The maximum absolute atomic E-state index is 10.6. The molecular weight excluding hydrogens is 184 g/mol. The molecule has 0 rings (SSSR count). The van der Waals surface area contributed by atoms with Crippen LogP contribution in [0.15, 0.2) is 9.98 Å². The number of nitrogens with zero attached hydrogens (tertiary/aromatic N) is 2. The first-order chi connectivity index (χ1) is 6.81. The molecule has 0 heterocycles. The third-order valence-corrected chi connectivity index (χ3v) is 1.27. The van der Waals surface area contributed by atoms with Crippen LogP contribution in [-0.4, -0.2) is 52.4 Å². The first-order valence-corrected chi connectivity index (χ1v) is 4.24. The van der Waals surface area contributed by atoms with Crippen LogP contribution in [0, 0.1) is 0 Å². The average Bonchev–Trinajstić information content (AvgIpc) is 2.21. The fourth-order valence-corrected chi connectivity index (χ4v) is 0.571. The predicted molar refractivity (Wildman–Crippen MR) is 55.8 cm³/mol. The van der Waals surface area contributed by atoms with Crippen molar-refractivity contribution in [2.24, 2.45) is 9.98 Å². The highest BCUT2D eigenvalue weighted by Crippen LogP contribution is 1.67. The van der Waals surface area contributed by atoms with Gasteiger partial charge in [0.05, 0.1) is 19.5 Å². The first kappa shape index (κ1) is 12.7. The molecule has 6 heteroatoms. The summed E-state index contributed by atoms with van der Waals surface area (Å²) >= 11 is 0. The molecule has 0 bridgehead atoms. The number of amides is 1. The number of hydrogen-bond acceptors (Lipinski definition) is 4. The second-order valence-electron chi connectivity index (χ2n) is 2.34. The van der Waals surface area contributed by atoms with Crippen LogP contribution in [0.2, 0.25) is 0 Å². The van der Waals surface area contributed by atoms with Crippen molar-refractivity contribution in [3.63, 3.8) is 0 Å². The molecule has 0 aliphatic carbocycles. The summed E-state index contributed by atoms with van der Waals surface area (Å²) < 4.78 is 4.82. The van der Waals surface area contributed by atoms with Gasteiger partial charge in [-0.3, -0.25) is 15.1 Å². The third kappa shape index (κ3) is 8.82. The highest BCUT2D eigenvalue weighted by Gasteiger charge is 1.85. The number of aliphatic imine (C=N–C) groups is 2. The fourth-order valence-electron chi connectivity index (χ4n) is 0.571. The number of nitrogens with one attached hydrogen (secondary N) is 2. The van der Waals surface area contributed by atoms with E-state index in [2.05, 4.69) is 20.6 Å². The highest BCUT2D eigenvalue weighted by atomic mass is 16.5. The Balaban J connectivity index is 3.35. The van der Waals surface area contributed by atoms with Gasteiger partial charge in [0.2, 0.25) is 0 Å². The molecule has 0 saturated carbocycles. The zero-order valence-corrected chi connectivity index (χ0v) is 8.49. The van der Waals surface area contributed by atoms with Gasteiger partial charge < -0.3 is 10.1 Å². The molecule has 0 aromatic carbocycles. The second kappa shape index (κ2) is 9.82. The van der Waals surface area contributed by atoms with Crippen molar-refractivity contribution in [1.82, 2.24) is 10.6 Å². The van der Waals surface area contributed by atoms with Gasteiger partial charge in [-0.05, 0) is 0 Å². The molecule has 0 aliphatic heterocycles. The highest BCUT2D eigenvalue weighted by molar-refractivity contribution is 6.27. The monoisotopic (exact) mass is 200 g/mol. The van der Waals surface area contributed by atoms with Gasteiger partial charge in [0.1, 0.15) is 6.34 Å². The Hall–Kier alpha value is -1.27. The summed E-state index contributed by atoms with van der Waals surface area (Å²) in [5.74, 6) is -0.246. The zero-order chi connectivity index (χ0) is 10.6. The van der Waals surface area contributed by atoms with E-state index in [9.17, 15) is 4.79 Å². The first-order valence-electron chi connectivity index (χ1n) is 4.24. The minimum absolute atomic E-state index is 0.246. The molecule has 0 fully saturated rings. The van der Waals surface area contributed by atoms with Crippen LogP contribution in [0.3, 0.4) is 0 Å². The van der Waals surface area contributed by atoms with E-state index in [0.717, 1.165) is 6.54 Å². The van der Waals surface area contributed by atoms with Crippen molar-refractivity contribution >= 4 is 18.5 Å². The molecule has 0 spiro atoms. The van der Waals surface area contributed by atoms with Crippen molar-refractivity contribution < 1.29 is 9.53 Å². The number of rotatable bonds is 7. The fraction of sp³-hybridized carbons (Fsp3) is 0.625. The lowest BCUT2D eigenvalue weighted by Gasteiger charge is -1.97. The van der Waals surface area contributed by atoms with Crippen LogP contribution in [0.4, 0.5) is 0 Å². The summed E-state index contributed by atoms with van der Waals surface area (Å²) in [6.07, 6.45) is 2.49. The maximum Gasteiger partial charge on any atom is 0.262 e. The zero-order valence-electron chi connectivity index (χ0n) is 8.49. The second-order valence-corrected chi connectivity index (χ2v) is 2.34. The van der Waals surface area contributed by atoms with Gasteiger partial charge in [-0.25, -0.2) is 4.99 Å². The van der Waals surface area contributed by atoms with Gasteiger partial charge >= 0.3 is 0 Å². The normalized spacial score (nSPS) is 11.3. The molecule has 14 heavy (non-hydrogen) atoms. The van der Waals surface area contributed by atoms with E-state index in [4.69, 9.17) is 4.74 Å². The molecular formula is C8H16N4O2. The molecule has 6 nitrogen and oxygen atoms in total. The van der Waals surface area contributed by atoms with E-state index in [-0.39, 0.29) is 5.91 Å². The summed E-state index contributed by atoms with van der Waals surface area (Å²) in [5.41, 5.74) is 0. The van der Waals surface area contributed by atoms with Crippen molar-refractivity contribution in [2.75, 3.05) is 34.0 Å². The van der Waals surface area contributed by atoms with Gasteiger partial charge in [0.25, 0.3) is 5.91 Å². The summed E-state index contributed by atoms with van der Waals surface area (Å²) in [4.78, 5) is 18.2. The van der Waals surface area contributed by atoms with E-state index in [1.54, 1.807) is 7.11 Å². The maximum atomic E-state index is 10.6. The molecule has 2 N–H and O–H groups in total. The lowest BCUT2D eigenvalue weighted by molar-refractivity contribution is -0.113. The Morgan fingerprint density at radius 2 is 2.36 bits per heavy atom. The number of carbonyl (C=O) groups excluding carboxylic acids is 1. The van der Waals surface area contributed by atoms with Gasteiger partial charge in [-0.1, -0.05) is 0 Å². The van der Waals surface area contributed by atoms with Crippen LogP contribution in [-0.2, 0) is 9.53 Å². The molecule has 1 amide bonds. The average molecular weight is 200 g/mol. The van der Waals surface area contributed by atoms with Crippen LogP contribution < -0.4 is 10.6 Å². The van der Waals surface area contributed by atoms with Crippen LogP contribution >= 0.6 is 0 Å². The summed E-state index contributed by atoms with van der Waals surface area (Å²) in [5, 5.41) is 5.39. The van der Waals surface area contributed by atoms with Crippen LogP contribution in [0.1, 0.15) is 0 Å². The quantitative estimate of drug-likeness (QED) is 0.315. The van der Waals surface area contributed by atoms with Crippen LogP contribution in [0.5, 0.6) is 0 Å². The number of ether oxygens (including phenoxy) is 1. The number of hydrogen-bond donors (Lipinski definition) is 2. The van der Waals surface area contributed by atoms with E-state index in [1.165, 1.54) is 19.6 Å². The lowest BCUT2D eigenvalue weighted by atomic mass is 10.7. The summed E-state index contributed by atoms with van der Waals surface area (Å²) in [6, 6.07) is 0. The predicted octanol–water partition coefficient (Wildman–Crippen LogP) is -0.975. The van der Waals surface area contributed by atoms with E-state index >= 15 is 0 Å². The van der Waals surface area contributed by atoms with Gasteiger partial charge in [0.15, 0.2) is 0 Å². The molecule has 80 valence electrons. The molecule has 0 saturated heterocycles. The topological polar surface area (TPSA) is 75.1 Å². The standard InChI is InChI=1S/C8H16N4O2/c1-9-8(13)5-11-7-12-6-10-3-4-14-2/h5,7,10H,3-4,6H2,1-2H3,(H,9,13). The Bertz CT molecular complexity index is 204. The third-order valence-electron chi connectivity index (χ3n) is 1.27. The van der Waals surface area contributed by atoms with E-state index < -0.39 is 0 Å². The Morgan fingerprint density at radius 3 is 3.00 bits per heavy atom. The van der Waals surface area contributed by atoms with Crippen molar-refractivity contribution in [3.8, 4) is 0 Å². The molecule has 0 aliphatic rings. The molecule has 0 atom stereocenters. The van der Waals surface area contributed by atoms with Crippen molar-refractivity contribution in [3.05, 3.63) is 0 Å². The Kier molecular flexibility index (Phi) is 8.92. The Morgan fingerprint density at radius 1 is 1.57 bits per heavy atom. The van der Waals surface area contributed by atoms with E-state index in [1.807, 2.05) is 0 Å². The van der Waals surface area contributed by atoms with Gasteiger partial charge in [0, 0.05) is 20.7 Å². The Labute approximate surface area is 83.5 Å². The van der Waals surface area contributed by atoms with E-state index in [0.29, 0.717) is 13.3 Å². The molecule has 0 radical (unpaired) electrons. The smallest absolute Gasteiger partial charge is 0.262 e. The van der Waals surface area contributed by atoms with Crippen molar-refractivity contribution in [1.29, 1.82) is 0 Å². The minimum Gasteiger partial charge on any atom is -0.383 e. The molecule has 0 aromatic heterocycles. The molecule has 0 aromatic rings. The number of carbonyl (C=O) groups is 1. The van der Waals surface area contributed by atoms with Crippen LogP contribution in [0.25, 0.3) is 0 Å². The SMILES string of the molecule is CNC(=O)C=NC=NCNCCOC. The van der Waals surface area contributed by atoms with Crippen molar-refractivity contribution in [2.45, 2.75) is 0 Å². The lowest BCUT2D eigenvalue weighted by Crippen LogP contribution is -2.19. The number of methoxy groups -OCH3 is 1. The largest absolute Gasteiger partial charge is 0.383 e. The minimum atomic E-state index is -0.246. The van der Waals surface area contributed by atoms with Gasteiger partial charge in [-0.15, -0.1) is 0 Å². The summed E-state index contributed by atoms with van der Waals surface area (Å²) in [6.45, 7) is 1.86. The summed E-state index contributed by atoms with van der Waals surface area (Å²) in [7, 11) is 3.18. The molecule has 0 unspecified atom stereocenters. The van der Waals surface area contributed by atoms with Gasteiger partial charge in [-0.2, -0.15) is 0 Å².